The second kappa shape index (κ2) is 5.00. The van der Waals surface area contributed by atoms with E-state index in [1.54, 1.807) is 0 Å². The predicted octanol–water partition coefficient (Wildman–Crippen LogP) is 3.79. The number of esters is 1. The SMILES string of the molecule is CCC(C)(C)CC(OC(C)=O)C(C)(C)C. The summed E-state index contributed by atoms with van der Waals surface area (Å²) >= 11 is 0. The van der Waals surface area contributed by atoms with Crippen LogP contribution < -0.4 is 0 Å². The van der Waals surface area contributed by atoms with Gasteiger partial charge in [0.05, 0.1) is 0 Å². The maximum Gasteiger partial charge on any atom is 0.302 e. The summed E-state index contributed by atoms with van der Waals surface area (Å²) in [6.07, 6.45) is 2.03. The van der Waals surface area contributed by atoms with E-state index in [4.69, 9.17) is 4.74 Å². The van der Waals surface area contributed by atoms with Crippen LogP contribution >= 0.6 is 0 Å². The second-order valence-electron chi connectivity index (χ2n) is 6.19. The smallest absolute Gasteiger partial charge is 0.302 e. The molecule has 0 aliphatic rings. The number of hydrogen-bond acceptors (Lipinski definition) is 2. The van der Waals surface area contributed by atoms with Crippen LogP contribution in [0.15, 0.2) is 0 Å². The molecule has 2 heteroatoms. The Morgan fingerprint density at radius 3 is 1.93 bits per heavy atom. The lowest BCUT2D eigenvalue weighted by Gasteiger charge is -2.36. The van der Waals surface area contributed by atoms with Gasteiger partial charge < -0.3 is 4.74 Å². The topological polar surface area (TPSA) is 26.3 Å². The molecule has 1 unspecified atom stereocenters. The highest BCUT2D eigenvalue weighted by molar-refractivity contribution is 5.66. The van der Waals surface area contributed by atoms with Crippen LogP contribution in [0.3, 0.4) is 0 Å². The van der Waals surface area contributed by atoms with Crippen molar-refractivity contribution >= 4 is 5.97 Å². The van der Waals surface area contributed by atoms with Gasteiger partial charge in [0.1, 0.15) is 6.10 Å². The highest BCUT2D eigenvalue weighted by Gasteiger charge is 2.32. The fourth-order valence-corrected chi connectivity index (χ4v) is 1.37. The molecule has 0 radical (unpaired) electrons. The Hall–Kier alpha value is -0.530. The van der Waals surface area contributed by atoms with Gasteiger partial charge in [-0.05, 0) is 17.3 Å². The number of rotatable bonds is 4. The quantitative estimate of drug-likeness (QED) is 0.665. The van der Waals surface area contributed by atoms with Crippen molar-refractivity contribution in [2.24, 2.45) is 10.8 Å². The molecule has 0 aromatic heterocycles. The number of hydrogen-bond donors (Lipinski definition) is 0. The largest absolute Gasteiger partial charge is 0.462 e. The molecule has 0 aromatic rings. The average molecular weight is 214 g/mol. The van der Waals surface area contributed by atoms with E-state index in [0.29, 0.717) is 0 Å². The van der Waals surface area contributed by atoms with Gasteiger partial charge in [-0.15, -0.1) is 0 Å². The summed E-state index contributed by atoms with van der Waals surface area (Å²) in [7, 11) is 0. The third-order valence-electron chi connectivity index (χ3n) is 2.97. The van der Waals surface area contributed by atoms with Crippen molar-refractivity contribution in [1.29, 1.82) is 0 Å². The predicted molar refractivity (Wildman–Crippen MR) is 63.7 cm³/mol. The highest BCUT2D eigenvalue weighted by Crippen LogP contribution is 2.35. The van der Waals surface area contributed by atoms with E-state index >= 15 is 0 Å². The Balaban J connectivity index is 4.59. The van der Waals surface area contributed by atoms with Crippen molar-refractivity contribution in [3.8, 4) is 0 Å². The summed E-state index contributed by atoms with van der Waals surface area (Å²) in [6, 6.07) is 0. The van der Waals surface area contributed by atoms with Crippen LogP contribution in [0.2, 0.25) is 0 Å². The minimum Gasteiger partial charge on any atom is -0.462 e. The highest BCUT2D eigenvalue weighted by atomic mass is 16.5. The van der Waals surface area contributed by atoms with E-state index in [-0.39, 0.29) is 22.9 Å². The molecule has 0 fully saturated rings. The molecule has 0 aliphatic carbocycles. The van der Waals surface area contributed by atoms with Gasteiger partial charge in [0.25, 0.3) is 0 Å². The molecule has 0 aliphatic heterocycles. The molecule has 15 heavy (non-hydrogen) atoms. The van der Waals surface area contributed by atoms with E-state index in [9.17, 15) is 4.79 Å². The van der Waals surface area contributed by atoms with Crippen LogP contribution in [0.25, 0.3) is 0 Å². The van der Waals surface area contributed by atoms with Gasteiger partial charge in [-0.2, -0.15) is 0 Å². The molecule has 0 spiro atoms. The van der Waals surface area contributed by atoms with Gasteiger partial charge in [-0.3, -0.25) is 4.79 Å². The van der Waals surface area contributed by atoms with Crippen LogP contribution in [-0.4, -0.2) is 12.1 Å². The van der Waals surface area contributed by atoms with Gasteiger partial charge in [-0.25, -0.2) is 0 Å². The first-order valence-corrected chi connectivity index (χ1v) is 5.76. The van der Waals surface area contributed by atoms with Crippen molar-refractivity contribution < 1.29 is 9.53 Å². The summed E-state index contributed by atoms with van der Waals surface area (Å²) in [5, 5.41) is 0. The van der Waals surface area contributed by atoms with Gasteiger partial charge in [0.15, 0.2) is 0 Å². The van der Waals surface area contributed by atoms with Gasteiger partial charge in [-0.1, -0.05) is 48.0 Å². The molecule has 0 aromatic carbocycles. The molecule has 90 valence electrons. The molecule has 1 atom stereocenters. The number of carbonyl (C=O) groups is 1. The van der Waals surface area contributed by atoms with Crippen molar-refractivity contribution in [2.75, 3.05) is 0 Å². The van der Waals surface area contributed by atoms with Crippen LogP contribution in [0.5, 0.6) is 0 Å². The third-order valence-corrected chi connectivity index (χ3v) is 2.97. The summed E-state index contributed by atoms with van der Waals surface area (Å²) in [6.45, 7) is 14.4. The zero-order chi connectivity index (χ0) is 12.3. The van der Waals surface area contributed by atoms with E-state index in [1.807, 2.05) is 0 Å². The number of carbonyl (C=O) groups excluding carboxylic acids is 1. The van der Waals surface area contributed by atoms with Crippen LogP contribution in [0.1, 0.15) is 61.3 Å². The van der Waals surface area contributed by atoms with E-state index < -0.39 is 0 Å². The third kappa shape index (κ3) is 5.81. The van der Waals surface area contributed by atoms with Crippen molar-refractivity contribution in [3.05, 3.63) is 0 Å². The summed E-state index contributed by atoms with van der Waals surface area (Å²) < 4.78 is 5.41. The Morgan fingerprint density at radius 1 is 1.20 bits per heavy atom. The van der Waals surface area contributed by atoms with Crippen LogP contribution in [0.4, 0.5) is 0 Å². The lowest BCUT2D eigenvalue weighted by atomic mass is 9.76. The molecule has 2 nitrogen and oxygen atoms in total. The molecule has 0 bridgehead atoms. The molecule has 0 N–H and O–H groups in total. The molecule has 0 heterocycles. The van der Waals surface area contributed by atoms with Crippen LogP contribution in [0, 0.1) is 10.8 Å². The normalized spacial score (nSPS) is 14.9. The first-order valence-electron chi connectivity index (χ1n) is 5.76. The standard InChI is InChI=1S/C13H26O2/c1-8-13(6,7)9-11(12(3,4)5)15-10(2)14/h11H,8-9H2,1-7H3. The first kappa shape index (κ1) is 14.5. The van der Waals surface area contributed by atoms with Gasteiger partial charge >= 0.3 is 5.97 Å². The Kier molecular flexibility index (Phi) is 4.82. The lowest BCUT2D eigenvalue weighted by Crippen LogP contribution is -2.35. The first-order chi connectivity index (χ1) is 6.58. The minimum absolute atomic E-state index is 0.00458. The average Bonchev–Trinajstić information content (AvgIpc) is 2.00. The molecule has 0 saturated carbocycles. The van der Waals surface area contributed by atoms with Crippen LogP contribution in [-0.2, 0) is 9.53 Å². The van der Waals surface area contributed by atoms with Crippen molar-refractivity contribution in [2.45, 2.75) is 67.4 Å². The van der Waals surface area contributed by atoms with E-state index in [1.165, 1.54) is 6.92 Å². The van der Waals surface area contributed by atoms with Gasteiger partial charge in [0.2, 0.25) is 0 Å². The second-order valence-corrected chi connectivity index (χ2v) is 6.19. The summed E-state index contributed by atoms with van der Waals surface area (Å²) in [5.74, 6) is -0.179. The van der Waals surface area contributed by atoms with Gasteiger partial charge in [0, 0.05) is 6.92 Å². The molecule has 0 rings (SSSR count). The summed E-state index contributed by atoms with van der Waals surface area (Å²) in [4.78, 5) is 11.1. The molecule has 0 amide bonds. The maximum atomic E-state index is 11.1. The van der Waals surface area contributed by atoms with E-state index in [0.717, 1.165) is 12.8 Å². The molecule has 0 saturated heterocycles. The lowest BCUT2D eigenvalue weighted by molar-refractivity contribution is -0.154. The monoisotopic (exact) mass is 214 g/mol. The minimum atomic E-state index is -0.179. The Labute approximate surface area is 94.4 Å². The Bertz CT molecular complexity index is 211. The summed E-state index contributed by atoms with van der Waals surface area (Å²) in [5.41, 5.74) is 0.242. The maximum absolute atomic E-state index is 11.1. The Morgan fingerprint density at radius 2 is 1.67 bits per heavy atom. The molecular weight excluding hydrogens is 188 g/mol. The fraction of sp³-hybridized carbons (Fsp3) is 0.923. The zero-order valence-electron chi connectivity index (χ0n) is 11.3. The van der Waals surface area contributed by atoms with E-state index in [2.05, 4.69) is 41.5 Å². The zero-order valence-corrected chi connectivity index (χ0v) is 11.3. The fourth-order valence-electron chi connectivity index (χ4n) is 1.37. The molecular formula is C13H26O2. The van der Waals surface area contributed by atoms with Crippen molar-refractivity contribution in [1.82, 2.24) is 0 Å². The van der Waals surface area contributed by atoms with Crippen molar-refractivity contribution in [3.63, 3.8) is 0 Å². The number of ether oxygens (including phenoxy) is 1.